The number of hydrogen-bond acceptors (Lipinski definition) is 4. The van der Waals surface area contributed by atoms with E-state index in [-0.39, 0.29) is 18.1 Å². The maximum absolute atomic E-state index is 11.6. The lowest BCUT2D eigenvalue weighted by molar-refractivity contribution is -0.385. The number of carbonyl (C=O) groups is 2. The van der Waals surface area contributed by atoms with Crippen LogP contribution >= 0.6 is 0 Å². The standard InChI is InChI=1S/C12H12N2O5/c15-11(8-5-9(8)12(16)17)13-6-7-3-1-2-4-10(7)14(18)19/h1-4,8-9H,5-6H2,(H,13,15)(H,16,17). The first-order chi connectivity index (χ1) is 9.00. The average Bonchev–Trinajstić information content (AvgIpc) is 3.16. The third-order valence-electron chi connectivity index (χ3n) is 3.09. The van der Waals surface area contributed by atoms with Crippen molar-refractivity contribution in [3.05, 3.63) is 39.9 Å². The minimum absolute atomic E-state index is 0.0266. The lowest BCUT2D eigenvalue weighted by Gasteiger charge is -2.05. The van der Waals surface area contributed by atoms with Gasteiger partial charge in [-0.25, -0.2) is 0 Å². The van der Waals surface area contributed by atoms with Crippen LogP contribution in [0.15, 0.2) is 24.3 Å². The SMILES string of the molecule is O=C(O)C1CC1C(=O)NCc1ccccc1[N+](=O)[O-]. The summed E-state index contributed by atoms with van der Waals surface area (Å²) in [7, 11) is 0. The van der Waals surface area contributed by atoms with Crippen molar-refractivity contribution in [1.82, 2.24) is 5.32 Å². The van der Waals surface area contributed by atoms with Crippen LogP contribution in [0.25, 0.3) is 0 Å². The molecule has 1 saturated carbocycles. The molecule has 1 aliphatic rings. The van der Waals surface area contributed by atoms with E-state index < -0.39 is 22.7 Å². The average molecular weight is 264 g/mol. The number of para-hydroxylation sites is 1. The van der Waals surface area contributed by atoms with Gasteiger partial charge in [0.2, 0.25) is 5.91 Å². The fourth-order valence-corrected chi connectivity index (χ4v) is 1.91. The molecular weight excluding hydrogens is 252 g/mol. The molecule has 0 spiro atoms. The second kappa shape index (κ2) is 5.05. The van der Waals surface area contributed by atoms with Gasteiger partial charge in [0.25, 0.3) is 5.69 Å². The summed E-state index contributed by atoms with van der Waals surface area (Å²) in [5.41, 5.74) is 0.335. The molecule has 0 aliphatic heterocycles. The highest BCUT2D eigenvalue weighted by Gasteiger charge is 2.48. The van der Waals surface area contributed by atoms with Crippen molar-refractivity contribution in [2.75, 3.05) is 0 Å². The molecule has 0 aromatic heterocycles. The van der Waals surface area contributed by atoms with E-state index in [9.17, 15) is 19.7 Å². The monoisotopic (exact) mass is 264 g/mol. The van der Waals surface area contributed by atoms with Crippen molar-refractivity contribution in [3.8, 4) is 0 Å². The van der Waals surface area contributed by atoms with E-state index in [4.69, 9.17) is 5.11 Å². The predicted molar refractivity (Wildman–Crippen MR) is 64.2 cm³/mol. The van der Waals surface area contributed by atoms with Crippen LogP contribution in [-0.4, -0.2) is 21.9 Å². The fourth-order valence-electron chi connectivity index (χ4n) is 1.91. The van der Waals surface area contributed by atoms with Gasteiger partial charge in [0.05, 0.1) is 16.8 Å². The van der Waals surface area contributed by atoms with Gasteiger partial charge in [0.1, 0.15) is 0 Å². The zero-order valence-electron chi connectivity index (χ0n) is 9.91. The van der Waals surface area contributed by atoms with E-state index in [2.05, 4.69) is 5.32 Å². The van der Waals surface area contributed by atoms with E-state index in [1.165, 1.54) is 6.07 Å². The highest BCUT2D eigenvalue weighted by Crippen LogP contribution is 2.38. The molecule has 1 fully saturated rings. The van der Waals surface area contributed by atoms with E-state index in [0.717, 1.165) is 0 Å². The number of benzene rings is 1. The molecule has 1 aliphatic carbocycles. The van der Waals surface area contributed by atoms with Gasteiger partial charge >= 0.3 is 5.97 Å². The van der Waals surface area contributed by atoms with Crippen molar-refractivity contribution in [1.29, 1.82) is 0 Å². The van der Waals surface area contributed by atoms with Gasteiger partial charge in [-0.15, -0.1) is 0 Å². The summed E-state index contributed by atoms with van der Waals surface area (Å²) < 4.78 is 0. The number of nitro benzene ring substituents is 1. The Labute approximate surface area is 108 Å². The van der Waals surface area contributed by atoms with Crippen molar-refractivity contribution in [2.45, 2.75) is 13.0 Å². The fraction of sp³-hybridized carbons (Fsp3) is 0.333. The van der Waals surface area contributed by atoms with Crippen LogP contribution in [0.3, 0.4) is 0 Å². The van der Waals surface area contributed by atoms with Crippen LogP contribution in [0.5, 0.6) is 0 Å². The van der Waals surface area contributed by atoms with E-state index in [0.29, 0.717) is 12.0 Å². The number of hydrogen-bond donors (Lipinski definition) is 2. The molecule has 0 saturated heterocycles. The Hall–Kier alpha value is -2.44. The van der Waals surface area contributed by atoms with Gasteiger partial charge in [0, 0.05) is 18.2 Å². The minimum Gasteiger partial charge on any atom is -0.481 e. The third-order valence-corrected chi connectivity index (χ3v) is 3.09. The molecule has 2 atom stereocenters. The zero-order chi connectivity index (χ0) is 14.0. The van der Waals surface area contributed by atoms with Gasteiger partial charge in [0.15, 0.2) is 0 Å². The molecule has 2 rings (SSSR count). The van der Waals surface area contributed by atoms with Gasteiger partial charge in [-0.2, -0.15) is 0 Å². The molecular formula is C12H12N2O5. The Morgan fingerprint density at radius 2 is 2.05 bits per heavy atom. The number of amides is 1. The van der Waals surface area contributed by atoms with Crippen molar-refractivity contribution >= 4 is 17.6 Å². The topological polar surface area (TPSA) is 110 Å². The van der Waals surface area contributed by atoms with Crippen LogP contribution in [0.2, 0.25) is 0 Å². The highest BCUT2D eigenvalue weighted by atomic mass is 16.6. The molecule has 2 unspecified atom stereocenters. The molecule has 0 bridgehead atoms. The maximum Gasteiger partial charge on any atom is 0.307 e. The van der Waals surface area contributed by atoms with E-state index >= 15 is 0 Å². The molecule has 0 heterocycles. The number of nitrogens with one attached hydrogen (secondary N) is 1. The molecule has 2 N–H and O–H groups in total. The summed E-state index contributed by atoms with van der Waals surface area (Å²) in [4.78, 5) is 32.5. The highest BCUT2D eigenvalue weighted by molar-refractivity contribution is 5.89. The van der Waals surface area contributed by atoms with Gasteiger partial charge < -0.3 is 10.4 Å². The molecule has 100 valence electrons. The summed E-state index contributed by atoms with van der Waals surface area (Å²) in [6, 6.07) is 6.11. The van der Waals surface area contributed by atoms with Crippen molar-refractivity contribution in [3.63, 3.8) is 0 Å². The summed E-state index contributed by atoms with van der Waals surface area (Å²) >= 11 is 0. The minimum atomic E-state index is -0.981. The Kier molecular flexibility index (Phi) is 3.46. The van der Waals surface area contributed by atoms with Crippen molar-refractivity contribution < 1.29 is 19.6 Å². The number of carboxylic acid groups (broad SMARTS) is 1. The summed E-state index contributed by atoms with van der Waals surface area (Å²) in [5.74, 6) is -2.48. The maximum atomic E-state index is 11.6. The van der Waals surface area contributed by atoms with Crippen LogP contribution < -0.4 is 5.32 Å². The van der Waals surface area contributed by atoms with Gasteiger partial charge in [-0.1, -0.05) is 18.2 Å². The molecule has 1 amide bonds. The van der Waals surface area contributed by atoms with Crippen LogP contribution in [-0.2, 0) is 16.1 Å². The van der Waals surface area contributed by atoms with E-state index in [1.807, 2.05) is 0 Å². The Balaban J connectivity index is 1.95. The molecule has 19 heavy (non-hydrogen) atoms. The lowest BCUT2D eigenvalue weighted by atomic mass is 10.2. The largest absolute Gasteiger partial charge is 0.481 e. The first-order valence-corrected chi connectivity index (χ1v) is 5.73. The van der Waals surface area contributed by atoms with Crippen LogP contribution in [0, 0.1) is 22.0 Å². The first-order valence-electron chi connectivity index (χ1n) is 5.73. The number of nitro groups is 1. The Morgan fingerprint density at radius 1 is 1.37 bits per heavy atom. The lowest BCUT2D eigenvalue weighted by Crippen LogP contribution is -2.26. The van der Waals surface area contributed by atoms with Crippen LogP contribution in [0.4, 0.5) is 5.69 Å². The molecule has 7 heteroatoms. The second-order valence-electron chi connectivity index (χ2n) is 4.39. The Bertz CT molecular complexity index is 543. The van der Waals surface area contributed by atoms with Crippen molar-refractivity contribution in [2.24, 2.45) is 11.8 Å². The van der Waals surface area contributed by atoms with Gasteiger partial charge in [-0.3, -0.25) is 19.7 Å². The summed E-state index contributed by atoms with van der Waals surface area (Å²) in [5, 5.41) is 22.0. The van der Waals surface area contributed by atoms with Crippen LogP contribution in [0.1, 0.15) is 12.0 Å². The number of rotatable bonds is 5. The number of aliphatic carboxylic acids is 1. The quantitative estimate of drug-likeness (QED) is 0.607. The normalized spacial score (nSPS) is 20.6. The summed E-state index contributed by atoms with van der Waals surface area (Å²) in [6.07, 6.45) is 0.331. The first kappa shape index (κ1) is 13.0. The predicted octanol–water partition coefficient (Wildman–Crippen LogP) is 0.932. The third kappa shape index (κ3) is 2.87. The zero-order valence-corrected chi connectivity index (χ0v) is 9.91. The smallest absolute Gasteiger partial charge is 0.307 e. The van der Waals surface area contributed by atoms with E-state index in [1.54, 1.807) is 18.2 Å². The molecule has 7 nitrogen and oxygen atoms in total. The molecule has 1 aromatic carbocycles. The molecule has 0 radical (unpaired) electrons. The number of nitrogens with zero attached hydrogens (tertiary/aromatic N) is 1. The second-order valence-corrected chi connectivity index (χ2v) is 4.39. The molecule has 1 aromatic rings. The Morgan fingerprint density at radius 3 is 2.63 bits per heavy atom. The van der Waals surface area contributed by atoms with Gasteiger partial charge in [-0.05, 0) is 6.42 Å². The summed E-state index contributed by atoms with van der Waals surface area (Å²) in [6.45, 7) is 0.0266. The number of carbonyl (C=O) groups excluding carboxylic acids is 1. The number of carboxylic acids is 1.